The zero-order valence-electron chi connectivity index (χ0n) is 13.5. The number of ether oxygens (including phenoxy) is 2. The summed E-state index contributed by atoms with van der Waals surface area (Å²) in [5, 5.41) is 2.79. The van der Waals surface area contributed by atoms with E-state index in [1.54, 1.807) is 18.2 Å². The van der Waals surface area contributed by atoms with Crippen molar-refractivity contribution in [3.8, 4) is 0 Å². The molecule has 0 atom stereocenters. The minimum Gasteiger partial charge on any atom is -0.492 e. The average molecular weight is 323 g/mol. The molecule has 1 aliphatic heterocycles. The molecule has 1 N–H and O–H groups in total. The smallest absolute Gasteiger partial charge is 0.337 e. The van der Waals surface area contributed by atoms with Crippen LogP contribution in [0.5, 0.6) is 0 Å². The predicted octanol–water partition coefficient (Wildman–Crippen LogP) is 3.33. The number of carbonyl (C=O) groups excluding carboxylic acids is 2. The Bertz CT molecular complexity index is 825. The van der Waals surface area contributed by atoms with Crippen LogP contribution in [0.25, 0.3) is 11.3 Å². The van der Waals surface area contributed by atoms with Gasteiger partial charge in [-0.3, -0.25) is 4.79 Å². The summed E-state index contributed by atoms with van der Waals surface area (Å²) >= 11 is 0. The number of amides is 1. The lowest BCUT2D eigenvalue weighted by Crippen LogP contribution is -2.07. The highest BCUT2D eigenvalue weighted by atomic mass is 16.5. The monoisotopic (exact) mass is 323 g/mol. The molecule has 0 saturated heterocycles. The lowest BCUT2D eigenvalue weighted by atomic mass is 10.0. The highest BCUT2D eigenvalue weighted by Gasteiger charge is 2.30. The third-order valence-corrected chi connectivity index (χ3v) is 3.74. The van der Waals surface area contributed by atoms with Crippen molar-refractivity contribution in [2.24, 2.45) is 0 Å². The molecular formula is C19H17NO4. The van der Waals surface area contributed by atoms with Gasteiger partial charge in [-0.1, -0.05) is 36.4 Å². The summed E-state index contributed by atoms with van der Waals surface area (Å²) < 4.78 is 10.5. The first kappa shape index (κ1) is 15.8. The molecule has 122 valence electrons. The van der Waals surface area contributed by atoms with Gasteiger partial charge in [0, 0.05) is 11.1 Å². The molecule has 2 aromatic carbocycles. The van der Waals surface area contributed by atoms with E-state index in [1.807, 2.05) is 37.3 Å². The molecule has 1 heterocycles. The van der Waals surface area contributed by atoms with E-state index in [-0.39, 0.29) is 5.91 Å². The van der Waals surface area contributed by atoms with Crippen LogP contribution >= 0.6 is 0 Å². The number of hydrogen-bond acceptors (Lipinski definition) is 4. The van der Waals surface area contributed by atoms with E-state index in [1.165, 1.54) is 7.11 Å². The van der Waals surface area contributed by atoms with Gasteiger partial charge in [-0.15, -0.1) is 0 Å². The Morgan fingerprint density at radius 3 is 2.50 bits per heavy atom. The van der Waals surface area contributed by atoms with E-state index in [4.69, 9.17) is 9.47 Å². The molecule has 0 saturated carbocycles. The van der Waals surface area contributed by atoms with Gasteiger partial charge in [0.1, 0.15) is 5.76 Å². The fourth-order valence-corrected chi connectivity index (χ4v) is 2.68. The summed E-state index contributed by atoms with van der Waals surface area (Å²) in [6.45, 7) is 2.31. The third-order valence-electron chi connectivity index (χ3n) is 3.74. The number of nitrogens with one attached hydrogen (secondary N) is 1. The van der Waals surface area contributed by atoms with Crippen LogP contribution in [-0.2, 0) is 14.3 Å². The SMILES string of the molecule is CCO/C(=C1/C(=O)Nc2cc(C(=O)OC)ccc21)c1ccccc1. The van der Waals surface area contributed by atoms with Gasteiger partial charge in [0.15, 0.2) is 0 Å². The molecule has 0 unspecified atom stereocenters. The Hall–Kier alpha value is -3.08. The molecule has 5 heteroatoms. The molecule has 0 spiro atoms. The fourth-order valence-electron chi connectivity index (χ4n) is 2.68. The quantitative estimate of drug-likeness (QED) is 0.532. The van der Waals surface area contributed by atoms with Crippen molar-refractivity contribution in [2.45, 2.75) is 6.92 Å². The van der Waals surface area contributed by atoms with Crippen molar-refractivity contribution in [2.75, 3.05) is 19.0 Å². The topological polar surface area (TPSA) is 64.6 Å². The van der Waals surface area contributed by atoms with Crippen LogP contribution in [0.1, 0.15) is 28.4 Å². The zero-order valence-corrected chi connectivity index (χ0v) is 13.5. The first-order valence-corrected chi connectivity index (χ1v) is 7.62. The van der Waals surface area contributed by atoms with Gasteiger partial charge < -0.3 is 14.8 Å². The molecule has 5 nitrogen and oxygen atoms in total. The number of benzene rings is 2. The van der Waals surface area contributed by atoms with Crippen LogP contribution in [0.15, 0.2) is 48.5 Å². The molecule has 24 heavy (non-hydrogen) atoms. The van der Waals surface area contributed by atoms with Crippen molar-refractivity contribution in [1.82, 2.24) is 0 Å². The molecule has 0 radical (unpaired) electrons. The van der Waals surface area contributed by atoms with E-state index in [0.717, 1.165) is 5.56 Å². The van der Waals surface area contributed by atoms with Gasteiger partial charge in [-0.25, -0.2) is 4.79 Å². The van der Waals surface area contributed by atoms with E-state index in [0.29, 0.717) is 34.8 Å². The second-order valence-electron chi connectivity index (χ2n) is 5.21. The lowest BCUT2D eigenvalue weighted by molar-refractivity contribution is -0.110. The predicted molar refractivity (Wildman–Crippen MR) is 91.3 cm³/mol. The fraction of sp³-hybridized carbons (Fsp3) is 0.158. The molecule has 3 rings (SSSR count). The van der Waals surface area contributed by atoms with E-state index < -0.39 is 5.97 Å². The standard InChI is InChI=1S/C19H17NO4/c1-3-24-17(12-7-5-4-6-8-12)16-14-10-9-13(19(22)23-2)11-15(14)20-18(16)21/h4-11H,3H2,1-2H3,(H,20,21)/b17-16+. The largest absolute Gasteiger partial charge is 0.492 e. The summed E-state index contributed by atoms with van der Waals surface area (Å²) in [6.07, 6.45) is 0. The first-order chi connectivity index (χ1) is 11.7. The van der Waals surface area contributed by atoms with Crippen molar-refractivity contribution < 1.29 is 19.1 Å². The molecule has 0 aromatic heterocycles. The number of hydrogen-bond donors (Lipinski definition) is 1. The number of fused-ring (bicyclic) bond motifs is 1. The third kappa shape index (κ3) is 2.76. The number of methoxy groups -OCH3 is 1. The summed E-state index contributed by atoms with van der Waals surface area (Å²) in [7, 11) is 1.32. The first-order valence-electron chi connectivity index (χ1n) is 7.62. The van der Waals surface area contributed by atoms with Gasteiger partial charge in [0.25, 0.3) is 5.91 Å². The molecule has 2 aromatic rings. The molecular weight excluding hydrogens is 306 g/mol. The van der Waals surface area contributed by atoms with E-state index in [9.17, 15) is 9.59 Å². The number of anilines is 1. The maximum absolute atomic E-state index is 12.5. The normalized spacial score (nSPS) is 14.7. The van der Waals surface area contributed by atoms with Crippen LogP contribution in [0.4, 0.5) is 5.69 Å². The van der Waals surface area contributed by atoms with Crippen LogP contribution in [0.3, 0.4) is 0 Å². The second kappa shape index (κ2) is 6.58. The van der Waals surface area contributed by atoms with E-state index in [2.05, 4.69) is 5.32 Å². The molecule has 0 bridgehead atoms. The van der Waals surface area contributed by atoms with Gasteiger partial charge in [-0.05, 0) is 19.1 Å². The maximum atomic E-state index is 12.5. The summed E-state index contributed by atoms with van der Waals surface area (Å²) in [6, 6.07) is 14.5. The van der Waals surface area contributed by atoms with Crippen LogP contribution in [0.2, 0.25) is 0 Å². The van der Waals surface area contributed by atoms with E-state index >= 15 is 0 Å². The minimum absolute atomic E-state index is 0.251. The molecule has 0 aliphatic carbocycles. The summed E-state index contributed by atoms with van der Waals surface area (Å²) in [5.74, 6) is -0.169. The van der Waals surface area contributed by atoms with Crippen molar-refractivity contribution in [3.05, 3.63) is 65.2 Å². The maximum Gasteiger partial charge on any atom is 0.337 e. The molecule has 1 aliphatic rings. The number of esters is 1. The summed E-state index contributed by atoms with van der Waals surface area (Å²) in [4.78, 5) is 24.2. The lowest BCUT2D eigenvalue weighted by Gasteiger charge is -2.12. The van der Waals surface area contributed by atoms with Gasteiger partial charge in [-0.2, -0.15) is 0 Å². The van der Waals surface area contributed by atoms with Crippen molar-refractivity contribution in [1.29, 1.82) is 0 Å². The van der Waals surface area contributed by atoms with Crippen molar-refractivity contribution >= 4 is 28.9 Å². The number of rotatable bonds is 4. The van der Waals surface area contributed by atoms with Gasteiger partial charge in [0.05, 0.1) is 30.5 Å². The minimum atomic E-state index is -0.447. The Kier molecular flexibility index (Phi) is 4.33. The zero-order chi connectivity index (χ0) is 17.1. The van der Waals surface area contributed by atoms with Gasteiger partial charge in [0.2, 0.25) is 0 Å². The van der Waals surface area contributed by atoms with Crippen LogP contribution in [-0.4, -0.2) is 25.6 Å². The Morgan fingerprint density at radius 1 is 1.08 bits per heavy atom. The average Bonchev–Trinajstić information content (AvgIpc) is 2.94. The Labute approximate surface area is 139 Å². The Morgan fingerprint density at radius 2 is 1.83 bits per heavy atom. The van der Waals surface area contributed by atoms with Crippen LogP contribution < -0.4 is 5.32 Å². The highest BCUT2D eigenvalue weighted by Crippen LogP contribution is 2.38. The van der Waals surface area contributed by atoms with Crippen LogP contribution in [0, 0.1) is 0 Å². The second-order valence-corrected chi connectivity index (χ2v) is 5.21. The summed E-state index contributed by atoms with van der Waals surface area (Å²) in [5.41, 5.74) is 2.96. The molecule has 1 amide bonds. The number of carbonyl (C=O) groups is 2. The highest BCUT2D eigenvalue weighted by molar-refractivity contribution is 6.36. The molecule has 0 fully saturated rings. The van der Waals surface area contributed by atoms with Gasteiger partial charge >= 0.3 is 5.97 Å². The Balaban J connectivity index is 2.15. The van der Waals surface area contributed by atoms with Crippen molar-refractivity contribution in [3.63, 3.8) is 0 Å².